The van der Waals surface area contributed by atoms with Gasteiger partial charge in [0.05, 0.1) is 11.9 Å². The molecule has 2 aliphatic rings. The lowest BCUT2D eigenvalue weighted by atomic mass is 10.2. The summed E-state index contributed by atoms with van der Waals surface area (Å²) in [6, 6.07) is -0.648. The lowest BCUT2D eigenvalue weighted by Crippen LogP contribution is -2.60. The second-order valence-electron chi connectivity index (χ2n) is 5.48. The molecule has 0 saturated carbocycles. The minimum atomic E-state index is -3.47. The summed E-state index contributed by atoms with van der Waals surface area (Å²) >= 11 is 0. The van der Waals surface area contributed by atoms with E-state index in [9.17, 15) is 13.2 Å². The summed E-state index contributed by atoms with van der Waals surface area (Å²) < 4.78 is 31.8. The zero-order valence-electron chi connectivity index (χ0n) is 12.0. The number of nitrogens with zero attached hydrogens (tertiary/aromatic N) is 2. The van der Waals surface area contributed by atoms with Crippen molar-refractivity contribution in [1.29, 1.82) is 0 Å². The Hall–Kier alpha value is -0.700. The summed E-state index contributed by atoms with van der Waals surface area (Å²) in [6.45, 7) is 1.89. The maximum atomic E-state index is 12.5. The first kappa shape index (κ1) is 15.7. The van der Waals surface area contributed by atoms with Crippen LogP contribution in [0, 0.1) is 0 Å². The molecule has 0 aromatic rings. The summed E-state index contributed by atoms with van der Waals surface area (Å²) in [5.74, 6) is -0.211. The number of likely N-dealkylation sites (N-methyl/N-ethyl adjacent to an activating group) is 1. The minimum absolute atomic E-state index is 0.0236. The van der Waals surface area contributed by atoms with E-state index >= 15 is 0 Å². The normalized spacial score (nSPS) is 28.5. The Morgan fingerprint density at radius 2 is 2.20 bits per heavy atom. The van der Waals surface area contributed by atoms with Gasteiger partial charge in [0.25, 0.3) is 0 Å². The molecule has 2 unspecified atom stereocenters. The Balaban J connectivity index is 2.11. The monoisotopic (exact) mass is 305 g/mol. The molecule has 116 valence electrons. The van der Waals surface area contributed by atoms with Crippen LogP contribution in [0.2, 0.25) is 0 Å². The number of sulfonamides is 1. The fourth-order valence-electron chi connectivity index (χ4n) is 2.63. The molecule has 2 rings (SSSR count). The number of carbonyl (C=O) groups excluding carboxylic acids is 1. The molecule has 1 amide bonds. The fourth-order valence-corrected chi connectivity index (χ4v) is 4.48. The molecule has 0 aromatic heterocycles. The molecule has 8 heteroatoms. The van der Waals surface area contributed by atoms with Crippen molar-refractivity contribution >= 4 is 15.9 Å². The average Bonchev–Trinajstić information content (AvgIpc) is 2.90. The van der Waals surface area contributed by atoms with E-state index in [2.05, 4.69) is 5.32 Å². The van der Waals surface area contributed by atoms with Crippen LogP contribution in [-0.4, -0.2) is 81.8 Å². The van der Waals surface area contributed by atoms with Crippen molar-refractivity contribution in [3.05, 3.63) is 0 Å². The second-order valence-corrected chi connectivity index (χ2v) is 7.44. The molecule has 2 fully saturated rings. The van der Waals surface area contributed by atoms with E-state index in [1.54, 1.807) is 14.1 Å². The Labute approximate surface area is 120 Å². The van der Waals surface area contributed by atoms with Crippen molar-refractivity contribution in [3.63, 3.8) is 0 Å². The van der Waals surface area contributed by atoms with Crippen LogP contribution >= 0.6 is 0 Å². The van der Waals surface area contributed by atoms with E-state index < -0.39 is 16.1 Å². The first-order chi connectivity index (χ1) is 9.42. The van der Waals surface area contributed by atoms with E-state index in [0.717, 1.165) is 12.8 Å². The molecule has 7 nitrogen and oxygen atoms in total. The third kappa shape index (κ3) is 3.49. The first-order valence-electron chi connectivity index (χ1n) is 6.95. The van der Waals surface area contributed by atoms with Crippen LogP contribution in [-0.2, 0) is 19.6 Å². The summed E-state index contributed by atoms with van der Waals surface area (Å²) in [6.07, 6.45) is 1.45. The Bertz CT molecular complexity index is 446. The third-order valence-corrected chi connectivity index (χ3v) is 5.64. The molecule has 20 heavy (non-hydrogen) atoms. The summed E-state index contributed by atoms with van der Waals surface area (Å²) in [4.78, 5) is 13.6. The van der Waals surface area contributed by atoms with Crippen molar-refractivity contribution in [3.8, 4) is 0 Å². The number of hydrogen-bond donors (Lipinski definition) is 1. The minimum Gasteiger partial charge on any atom is -0.377 e. The molecular weight excluding hydrogens is 282 g/mol. The maximum Gasteiger partial charge on any atom is 0.241 e. The molecule has 2 aliphatic heterocycles. The van der Waals surface area contributed by atoms with Gasteiger partial charge in [-0.2, -0.15) is 4.31 Å². The maximum absolute atomic E-state index is 12.5. The zero-order valence-corrected chi connectivity index (χ0v) is 12.9. The van der Waals surface area contributed by atoms with Crippen molar-refractivity contribution < 1.29 is 17.9 Å². The molecule has 1 N–H and O–H groups in total. The van der Waals surface area contributed by atoms with Crippen LogP contribution in [0.5, 0.6) is 0 Å². The van der Waals surface area contributed by atoms with Crippen molar-refractivity contribution in [2.75, 3.05) is 46.1 Å². The Morgan fingerprint density at radius 1 is 1.45 bits per heavy atom. The van der Waals surface area contributed by atoms with Gasteiger partial charge in [-0.1, -0.05) is 0 Å². The van der Waals surface area contributed by atoms with Gasteiger partial charge in [-0.05, 0) is 12.8 Å². The van der Waals surface area contributed by atoms with Gasteiger partial charge in [-0.25, -0.2) is 8.42 Å². The number of ether oxygens (including phenoxy) is 1. The lowest BCUT2D eigenvalue weighted by Gasteiger charge is -2.35. The smallest absolute Gasteiger partial charge is 0.241 e. The van der Waals surface area contributed by atoms with Crippen molar-refractivity contribution in [1.82, 2.24) is 14.5 Å². The second kappa shape index (κ2) is 6.38. The van der Waals surface area contributed by atoms with E-state index in [1.165, 1.54) is 9.21 Å². The Kier molecular flexibility index (Phi) is 5.00. The van der Waals surface area contributed by atoms with Crippen molar-refractivity contribution in [2.45, 2.75) is 25.0 Å². The van der Waals surface area contributed by atoms with Gasteiger partial charge in [0, 0.05) is 40.3 Å². The van der Waals surface area contributed by atoms with Gasteiger partial charge < -0.3 is 15.0 Å². The standard InChI is InChI=1S/C12H23N3O4S/c1-14(2)12(16)11-8-13-5-6-15(11)20(17,18)9-10-4-3-7-19-10/h10-11,13H,3-9H2,1-2H3. The van der Waals surface area contributed by atoms with E-state index in [4.69, 9.17) is 4.74 Å². The van der Waals surface area contributed by atoms with E-state index in [1.807, 2.05) is 0 Å². The molecule has 2 atom stereocenters. The third-order valence-electron chi connectivity index (χ3n) is 3.70. The van der Waals surface area contributed by atoms with Gasteiger partial charge in [0.1, 0.15) is 6.04 Å². The topological polar surface area (TPSA) is 79.0 Å². The SMILES string of the molecule is CN(C)C(=O)C1CNCCN1S(=O)(=O)CC1CCCO1. The van der Waals surface area contributed by atoms with Crippen molar-refractivity contribution in [2.24, 2.45) is 0 Å². The highest BCUT2D eigenvalue weighted by atomic mass is 32.2. The highest BCUT2D eigenvalue weighted by Crippen LogP contribution is 2.19. The van der Waals surface area contributed by atoms with E-state index in [-0.39, 0.29) is 17.8 Å². The van der Waals surface area contributed by atoms with Crippen LogP contribution in [0.4, 0.5) is 0 Å². The van der Waals surface area contributed by atoms with Crippen LogP contribution in [0.25, 0.3) is 0 Å². The summed E-state index contributed by atoms with van der Waals surface area (Å²) in [7, 11) is -0.192. The summed E-state index contributed by atoms with van der Waals surface area (Å²) in [5.41, 5.74) is 0. The molecule has 0 radical (unpaired) electrons. The molecule has 2 heterocycles. The van der Waals surface area contributed by atoms with Crippen LogP contribution in [0.15, 0.2) is 0 Å². The number of hydrogen-bond acceptors (Lipinski definition) is 5. The van der Waals surface area contributed by atoms with Crippen LogP contribution < -0.4 is 5.32 Å². The number of amides is 1. The van der Waals surface area contributed by atoms with Gasteiger partial charge in [0.15, 0.2) is 0 Å². The summed E-state index contributed by atoms with van der Waals surface area (Å²) in [5, 5.41) is 3.08. The highest BCUT2D eigenvalue weighted by Gasteiger charge is 2.38. The molecule has 0 bridgehead atoms. The highest BCUT2D eigenvalue weighted by molar-refractivity contribution is 7.89. The van der Waals surface area contributed by atoms with Crippen LogP contribution in [0.3, 0.4) is 0 Å². The molecular formula is C12H23N3O4S. The van der Waals surface area contributed by atoms with Gasteiger partial charge in [-0.15, -0.1) is 0 Å². The predicted octanol–water partition coefficient (Wildman–Crippen LogP) is -1.14. The molecule has 0 aromatic carbocycles. The number of carbonyl (C=O) groups is 1. The number of piperazine rings is 1. The lowest BCUT2D eigenvalue weighted by molar-refractivity contribution is -0.133. The molecule has 0 spiro atoms. The Morgan fingerprint density at radius 3 is 2.80 bits per heavy atom. The average molecular weight is 305 g/mol. The first-order valence-corrected chi connectivity index (χ1v) is 8.56. The van der Waals surface area contributed by atoms with Gasteiger partial charge in [-0.3, -0.25) is 4.79 Å². The molecule has 2 saturated heterocycles. The van der Waals surface area contributed by atoms with E-state index in [0.29, 0.717) is 26.2 Å². The predicted molar refractivity (Wildman–Crippen MR) is 74.8 cm³/mol. The van der Waals surface area contributed by atoms with Crippen LogP contribution in [0.1, 0.15) is 12.8 Å². The zero-order chi connectivity index (χ0) is 14.8. The van der Waals surface area contributed by atoms with Gasteiger partial charge in [0.2, 0.25) is 15.9 Å². The fraction of sp³-hybridized carbons (Fsp3) is 0.917. The quantitative estimate of drug-likeness (QED) is 0.710. The molecule has 0 aliphatic carbocycles. The number of nitrogens with one attached hydrogen (secondary N) is 1. The number of rotatable bonds is 4. The van der Waals surface area contributed by atoms with Gasteiger partial charge >= 0.3 is 0 Å². The largest absolute Gasteiger partial charge is 0.377 e.